The highest BCUT2D eigenvalue weighted by atomic mass is 79.9. The molecule has 1 aromatic carbocycles. The summed E-state index contributed by atoms with van der Waals surface area (Å²) in [7, 11) is 0. The minimum absolute atomic E-state index is 0.0367. The molecular weight excluding hydrogens is 346 g/mol. The Labute approximate surface area is 140 Å². The number of benzene rings is 1. The first-order chi connectivity index (χ1) is 10.6. The van der Waals surface area contributed by atoms with Crippen LogP contribution < -0.4 is 10.6 Å². The average molecular weight is 370 g/mol. The maximum atomic E-state index is 11.9. The van der Waals surface area contributed by atoms with Gasteiger partial charge in [-0.3, -0.25) is 9.69 Å². The Balaban J connectivity index is 1.58. The molecule has 122 valence electrons. The second-order valence-corrected chi connectivity index (χ2v) is 6.32. The quantitative estimate of drug-likeness (QED) is 0.721. The minimum Gasteiger partial charge on any atom is -0.379 e. The summed E-state index contributed by atoms with van der Waals surface area (Å²) in [5.74, 6) is 0.0367. The van der Waals surface area contributed by atoms with Crippen molar-refractivity contribution in [3.63, 3.8) is 0 Å². The fourth-order valence-electron chi connectivity index (χ4n) is 2.28. The molecule has 1 aliphatic rings. The van der Waals surface area contributed by atoms with Crippen molar-refractivity contribution in [3.8, 4) is 0 Å². The molecule has 0 unspecified atom stereocenters. The monoisotopic (exact) mass is 369 g/mol. The number of carbonyl (C=O) groups is 1. The smallest absolute Gasteiger partial charge is 0.225 e. The van der Waals surface area contributed by atoms with Crippen molar-refractivity contribution in [2.75, 3.05) is 51.3 Å². The van der Waals surface area contributed by atoms with Gasteiger partial charge in [0, 0.05) is 49.3 Å². The van der Waals surface area contributed by atoms with Crippen LogP contribution >= 0.6 is 15.9 Å². The van der Waals surface area contributed by atoms with Crippen molar-refractivity contribution < 1.29 is 9.53 Å². The molecule has 1 amide bonds. The topological polar surface area (TPSA) is 53.6 Å². The molecule has 2 N–H and O–H groups in total. The van der Waals surface area contributed by atoms with Gasteiger partial charge in [0.25, 0.3) is 0 Å². The zero-order valence-electron chi connectivity index (χ0n) is 13.0. The summed E-state index contributed by atoms with van der Waals surface area (Å²) >= 11 is 3.47. The largest absolute Gasteiger partial charge is 0.379 e. The first kappa shape index (κ1) is 17.4. The molecule has 0 bridgehead atoms. The SMILES string of the molecule is Cc1ccc(NC(=O)CCNCCN2CCOCC2)cc1Br. The van der Waals surface area contributed by atoms with Crippen LogP contribution in [0.15, 0.2) is 22.7 Å². The molecule has 22 heavy (non-hydrogen) atoms. The van der Waals surface area contributed by atoms with Crippen LogP contribution in [0.4, 0.5) is 5.69 Å². The fraction of sp³-hybridized carbons (Fsp3) is 0.562. The number of aryl methyl sites for hydroxylation is 1. The maximum Gasteiger partial charge on any atom is 0.225 e. The predicted octanol–water partition coefficient (Wildman–Crippen LogP) is 2.01. The molecule has 6 heteroatoms. The molecule has 0 aromatic heterocycles. The first-order valence-electron chi connectivity index (χ1n) is 7.72. The fourth-order valence-corrected chi connectivity index (χ4v) is 2.66. The van der Waals surface area contributed by atoms with Gasteiger partial charge in [-0.05, 0) is 24.6 Å². The van der Waals surface area contributed by atoms with E-state index >= 15 is 0 Å². The lowest BCUT2D eigenvalue weighted by atomic mass is 10.2. The van der Waals surface area contributed by atoms with Crippen LogP contribution in [0.3, 0.4) is 0 Å². The van der Waals surface area contributed by atoms with Crippen LogP contribution in [-0.4, -0.2) is 56.7 Å². The Bertz CT molecular complexity index is 490. The third-order valence-electron chi connectivity index (χ3n) is 3.69. The lowest BCUT2D eigenvalue weighted by Crippen LogP contribution is -2.40. The van der Waals surface area contributed by atoms with E-state index in [9.17, 15) is 4.79 Å². The summed E-state index contributed by atoms with van der Waals surface area (Å²) in [5, 5.41) is 6.23. The number of nitrogens with one attached hydrogen (secondary N) is 2. The number of carbonyl (C=O) groups excluding carboxylic acids is 1. The van der Waals surface area contributed by atoms with Crippen molar-refractivity contribution >= 4 is 27.5 Å². The van der Waals surface area contributed by atoms with E-state index in [1.807, 2.05) is 25.1 Å². The van der Waals surface area contributed by atoms with Gasteiger partial charge in [0.1, 0.15) is 0 Å². The van der Waals surface area contributed by atoms with E-state index in [1.165, 1.54) is 0 Å². The number of amides is 1. The standard InChI is InChI=1S/C16H24BrN3O2/c1-13-2-3-14(12-15(13)17)19-16(21)4-5-18-6-7-20-8-10-22-11-9-20/h2-3,12,18H,4-11H2,1H3,(H,19,21). The van der Waals surface area contributed by atoms with Gasteiger partial charge in [0.15, 0.2) is 0 Å². The van der Waals surface area contributed by atoms with Crippen LogP contribution in [0.5, 0.6) is 0 Å². The molecule has 1 saturated heterocycles. The maximum absolute atomic E-state index is 11.9. The van der Waals surface area contributed by atoms with Crippen molar-refractivity contribution in [2.45, 2.75) is 13.3 Å². The highest BCUT2D eigenvalue weighted by Gasteiger charge is 2.09. The van der Waals surface area contributed by atoms with E-state index in [2.05, 4.69) is 31.5 Å². The average Bonchev–Trinajstić information content (AvgIpc) is 2.52. The Morgan fingerprint density at radius 3 is 2.82 bits per heavy atom. The number of nitrogens with zero attached hydrogens (tertiary/aromatic N) is 1. The van der Waals surface area contributed by atoms with E-state index < -0.39 is 0 Å². The highest BCUT2D eigenvalue weighted by Crippen LogP contribution is 2.20. The summed E-state index contributed by atoms with van der Waals surface area (Å²) < 4.78 is 6.32. The van der Waals surface area contributed by atoms with E-state index in [-0.39, 0.29) is 5.91 Å². The molecule has 1 heterocycles. The molecule has 0 radical (unpaired) electrons. The van der Waals surface area contributed by atoms with Crippen LogP contribution in [-0.2, 0) is 9.53 Å². The normalized spacial score (nSPS) is 15.7. The Kier molecular flexibility index (Phi) is 7.32. The molecule has 0 aliphatic carbocycles. The second kappa shape index (κ2) is 9.25. The summed E-state index contributed by atoms with van der Waals surface area (Å²) in [4.78, 5) is 14.3. The Morgan fingerprint density at radius 1 is 1.32 bits per heavy atom. The van der Waals surface area contributed by atoms with Crippen molar-refractivity contribution in [2.24, 2.45) is 0 Å². The molecule has 5 nitrogen and oxygen atoms in total. The lowest BCUT2D eigenvalue weighted by Gasteiger charge is -2.26. The summed E-state index contributed by atoms with van der Waals surface area (Å²) in [6.07, 6.45) is 0.481. The summed E-state index contributed by atoms with van der Waals surface area (Å²) in [5.41, 5.74) is 1.98. The van der Waals surface area contributed by atoms with Crippen LogP contribution in [0.2, 0.25) is 0 Å². The zero-order valence-corrected chi connectivity index (χ0v) is 14.6. The molecule has 1 aliphatic heterocycles. The first-order valence-corrected chi connectivity index (χ1v) is 8.51. The number of morpholine rings is 1. The number of ether oxygens (including phenoxy) is 1. The molecule has 0 atom stereocenters. The number of anilines is 1. The third-order valence-corrected chi connectivity index (χ3v) is 4.55. The van der Waals surface area contributed by atoms with Crippen molar-refractivity contribution in [1.29, 1.82) is 0 Å². The number of rotatable bonds is 7. The van der Waals surface area contributed by atoms with Crippen molar-refractivity contribution in [1.82, 2.24) is 10.2 Å². The van der Waals surface area contributed by atoms with Gasteiger partial charge in [0.2, 0.25) is 5.91 Å². The van der Waals surface area contributed by atoms with Gasteiger partial charge in [-0.15, -0.1) is 0 Å². The van der Waals surface area contributed by atoms with Crippen LogP contribution in [0.1, 0.15) is 12.0 Å². The van der Waals surface area contributed by atoms with Crippen molar-refractivity contribution in [3.05, 3.63) is 28.2 Å². The van der Waals surface area contributed by atoms with E-state index in [0.717, 1.165) is 55.1 Å². The zero-order chi connectivity index (χ0) is 15.8. The predicted molar refractivity (Wildman–Crippen MR) is 92.3 cm³/mol. The third kappa shape index (κ3) is 6.04. The van der Waals surface area contributed by atoms with Gasteiger partial charge in [-0.2, -0.15) is 0 Å². The van der Waals surface area contributed by atoms with E-state index in [0.29, 0.717) is 13.0 Å². The Hall–Kier alpha value is -0.950. The van der Waals surface area contributed by atoms with Gasteiger partial charge >= 0.3 is 0 Å². The van der Waals surface area contributed by atoms with Gasteiger partial charge in [-0.25, -0.2) is 0 Å². The van der Waals surface area contributed by atoms with E-state index in [1.54, 1.807) is 0 Å². The molecule has 2 rings (SSSR count). The Morgan fingerprint density at radius 2 is 2.09 bits per heavy atom. The summed E-state index contributed by atoms with van der Waals surface area (Å²) in [6.45, 7) is 8.30. The lowest BCUT2D eigenvalue weighted by molar-refractivity contribution is -0.116. The van der Waals surface area contributed by atoms with Gasteiger partial charge in [0.05, 0.1) is 13.2 Å². The number of hydrogen-bond donors (Lipinski definition) is 2. The summed E-state index contributed by atoms with van der Waals surface area (Å²) in [6, 6.07) is 5.84. The molecular formula is C16H24BrN3O2. The number of hydrogen-bond acceptors (Lipinski definition) is 4. The highest BCUT2D eigenvalue weighted by molar-refractivity contribution is 9.10. The van der Waals surface area contributed by atoms with Crippen LogP contribution in [0.25, 0.3) is 0 Å². The molecule has 1 aromatic rings. The minimum atomic E-state index is 0.0367. The van der Waals surface area contributed by atoms with Gasteiger partial charge in [-0.1, -0.05) is 22.0 Å². The molecule has 1 fully saturated rings. The van der Waals surface area contributed by atoms with Crippen LogP contribution in [0, 0.1) is 6.92 Å². The molecule has 0 saturated carbocycles. The second-order valence-electron chi connectivity index (χ2n) is 5.47. The van der Waals surface area contributed by atoms with Gasteiger partial charge < -0.3 is 15.4 Å². The molecule has 0 spiro atoms. The number of halogens is 1. The van der Waals surface area contributed by atoms with E-state index in [4.69, 9.17) is 4.74 Å².